The summed E-state index contributed by atoms with van der Waals surface area (Å²) in [5, 5.41) is 9.75. The van der Waals surface area contributed by atoms with E-state index in [2.05, 4.69) is 0 Å². The van der Waals surface area contributed by atoms with Gasteiger partial charge in [-0.05, 0) is 32.3 Å². The molecule has 0 saturated heterocycles. The predicted molar refractivity (Wildman–Crippen MR) is 61.5 cm³/mol. The number of rotatable bonds is 2. The van der Waals surface area contributed by atoms with Crippen molar-refractivity contribution in [1.82, 2.24) is 4.90 Å². The molecule has 0 fully saturated rings. The van der Waals surface area contributed by atoms with E-state index in [-0.39, 0.29) is 11.2 Å². The van der Waals surface area contributed by atoms with Gasteiger partial charge in [-0.3, -0.25) is 4.79 Å². The molecule has 1 aromatic heterocycles. The van der Waals surface area contributed by atoms with Crippen LogP contribution in [0.5, 0.6) is 5.75 Å². The molecule has 0 amide bonds. The first kappa shape index (κ1) is 10.7. The number of fused-ring (bicyclic) bond motifs is 1. The lowest BCUT2D eigenvalue weighted by Crippen LogP contribution is -2.18. The van der Waals surface area contributed by atoms with Crippen LogP contribution in [0.4, 0.5) is 0 Å². The molecule has 2 aromatic rings. The molecule has 0 bridgehead atoms. The third kappa shape index (κ3) is 1.92. The maximum absolute atomic E-state index is 12.0. The van der Waals surface area contributed by atoms with Crippen molar-refractivity contribution in [2.24, 2.45) is 0 Å². The largest absolute Gasteiger partial charge is 0.508 e. The molecule has 16 heavy (non-hydrogen) atoms. The smallest absolute Gasteiger partial charge is 0.197 e. The Balaban J connectivity index is 2.64. The molecule has 1 aromatic carbocycles. The quantitative estimate of drug-likeness (QED) is 0.832. The molecular formula is C12H13NO3. The second kappa shape index (κ2) is 3.98. The van der Waals surface area contributed by atoms with Crippen LogP contribution in [0.1, 0.15) is 5.56 Å². The Bertz CT molecular complexity index is 572. The number of hydrogen-bond donors (Lipinski definition) is 1. The molecule has 0 unspecified atom stereocenters. The monoisotopic (exact) mass is 219 g/mol. The second-order valence-electron chi connectivity index (χ2n) is 4.01. The Morgan fingerprint density at radius 3 is 2.81 bits per heavy atom. The highest BCUT2D eigenvalue weighted by Crippen LogP contribution is 2.17. The lowest BCUT2D eigenvalue weighted by Gasteiger charge is -2.08. The summed E-state index contributed by atoms with van der Waals surface area (Å²) in [5.41, 5.74) is 0.985. The van der Waals surface area contributed by atoms with Crippen molar-refractivity contribution in [3.63, 3.8) is 0 Å². The summed E-state index contributed by atoms with van der Waals surface area (Å²) in [6, 6.07) is 4.52. The van der Waals surface area contributed by atoms with E-state index in [1.807, 2.05) is 19.0 Å². The van der Waals surface area contributed by atoms with E-state index in [0.29, 0.717) is 23.1 Å². The van der Waals surface area contributed by atoms with E-state index >= 15 is 0 Å². The molecule has 84 valence electrons. The minimum atomic E-state index is -0.0918. The fourth-order valence-electron chi connectivity index (χ4n) is 1.61. The number of nitrogens with zero attached hydrogens (tertiary/aromatic N) is 1. The average Bonchev–Trinajstić information content (AvgIpc) is 2.22. The Kier molecular flexibility index (Phi) is 2.66. The summed E-state index contributed by atoms with van der Waals surface area (Å²) in [6.45, 7) is 0.522. The second-order valence-corrected chi connectivity index (χ2v) is 4.01. The molecule has 0 spiro atoms. The van der Waals surface area contributed by atoms with Crippen molar-refractivity contribution < 1.29 is 9.52 Å². The number of phenolic OH excluding ortho intramolecular Hbond substituents is 1. The first-order chi connectivity index (χ1) is 7.58. The predicted octanol–water partition coefficient (Wildman–Crippen LogP) is 1.56. The van der Waals surface area contributed by atoms with Gasteiger partial charge in [0, 0.05) is 12.1 Å². The molecule has 1 heterocycles. The standard InChI is InChI=1S/C12H13NO3/c1-13(2)6-8-7-16-11-4-3-9(14)5-10(11)12(8)15/h3-5,7,14H,6H2,1-2H3. The van der Waals surface area contributed by atoms with Gasteiger partial charge in [-0.1, -0.05) is 0 Å². The van der Waals surface area contributed by atoms with Crippen LogP contribution in [0, 0.1) is 0 Å². The minimum absolute atomic E-state index is 0.0711. The molecule has 0 aliphatic heterocycles. The highest BCUT2D eigenvalue weighted by Gasteiger charge is 2.08. The van der Waals surface area contributed by atoms with Crippen LogP contribution in [0.3, 0.4) is 0 Å². The molecule has 0 aliphatic rings. The van der Waals surface area contributed by atoms with Gasteiger partial charge in [-0.15, -0.1) is 0 Å². The fourth-order valence-corrected chi connectivity index (χ4v) is 1.61. The van der Waals surface area contributed by atoms with Crippen LogP contribution < -0.4 is 5.43 Å². The number of phenols is 1. The Morgan fingerprint density at radius 1 is 1.38 bits per heavy atom. The summed E-state index contributed by atoms with van der Waals surface area (Å²) in [7, 11) is 3.76. The van der Waals surface area contributed by atoms with Crippen molar-refractivity contribution in [3.8, 4) is 5.75 Å². The lowest BCUT2D eigenvalue weighted by molar-refractivity contribution is 0.395. The summed E-state index contributed by atoms with van der Waals surface area (Å²) >= 11 is 0. The topological polar surface area (TPSA) is 53.7 Å². The van der Waals surface area contributed by atoms with Gasteiger partial charge >= 0.3 is 0 Å². The summed E-state index contributed by atoms with van der Waals surface area (Å²) in [4.78, 5) is 13.9. The van der Waals surface area contributed by atoms with E-state index in [4.69, 9.17) is 4.42 Å². The highest BCUT2D eigenvalue weighted by atomic mass is 16.3. The molecule has 0 radical (unpaired) electrons. The number of benzene rings is 1. The molecule has 0 aliphatic carbocycles. The van der Waals surface area contributed by atoms with Gasteiger partial charge in [0.05, 0.1) is 11.6 Å². The van der Waals surface area contributed by atoms with E-state index < -0.39 is 0 Å². The molecule has 0 saturated carbocycles. The zero-order chi connectivity index (χ0) is 11.7. The van der Waals surface area contributed by atoms with Crippen molar-refractivity contribution >= 4 is 11.0 Å². The van der Waals surface area contributed by atoms with Crippen LogP contribution in [0.25, 0.3) is 11.0 Å². The van der Waals surface area contributed by atoms with E-state index in [9.17, 15) is 9.90 Å². The number of aromatic hydroxyl groups is 1. The Labute approximate surface area is 92.7 Å². The van der Waals surface area contributed by atoms with Crippen molar-refractivity contribution in [2.75, 3.05) is 14.1 Å². The summed E-state index contributed by atoms with van der Waals surface area (Å²) in [5.74, 6) is 0.0711. The van der Waals surface area contributed by atoms with Gasteiger partial charge in [0.15, 0.2) is 5.43 Å². The maximum atomic E-state index is 12.0. The first-order valence-electron chi connectivity index (χ1n) is 4.96. The third-order valence-electron chi connectivity index (χ3n) is 2.31. The Morgan fingerprint density at radius 2 is 2.12 bits per heavy atom. The van der Waals surface area contributed by atoms with Crippen LogP contribution >= 0.6 is 0 Å². The van der Waals surface area contributed by atoms with Crippen LogP contribution in [-0.2, 0) is 6.54 Å². The van der Waals surface area contributed by atoms with Crippen LogP contribution in [-0.4, -0.2) is 24.1 Å². The van der Waals surface area contributed by atoms with Crippen molar-refractivity contribution in [3.05, 3.63) is 40.2 Å². The minimum Gasteiger partial charge on any atom is -0.508 e. The van der Waals surface area contributed by atoms with E-state index in [0.717, 1.165) is 0 Å². The zero-order valence-corrected chi connectivity index (χ0v) is 9.23. The lowest BCUT2D eigenvalue weighted by atomic mass is 10.1. The zero-order valence-electron chi connectivity index (χ0n) is 9.23. The number of hydrogen-bond acceptors (Lipinski definition) is 4. The highest BCUT2D eigenvalue weighted by molar-refractivity contribution is 5.78. The fraction of sp³-hybridized carbons (Fsp3) is 0.250. The SMILES string of the molecule is CN(C)Cc1coc2ccc(O)cc2c1=O. The molecular weight excluding hydrogens is 206 g/mol. The van der Waals surface area contributed by atoms with Gasteiger partial charge < -0.3 is 14.4 Å². The van der Waals surface area contributed by atoms with Gasteiger partial charge in [-0.25, -0.2) is 0 Å². The summed E-state index contributed by atoms with van der Waals surface area (Å²) < 4.78 is 5.34. The van der Waals surface area contributed by atoms with Gasteiger partial charge in [-0.2, -0.15) is 0 Å². The van der Waals surface area contributed by atoms with Gasteiger partial charge in [0.1, 0.15) is 11.3 Å². The van der Waals surface area contributed by atoms with Crippen LogP contribution in [0.2, 0.25) is 0 Å². The van der Waals surface area contributed by atoms with Crippen LogP contribution in [0.15, 0.2) is 33.7 Å². The van der Waals surface area contributed by atoms with Crippen molar-refractivity contribution in [1.29, 1.82) is 0 Å². The average molecular weight is 219 g/mol. The molecule has 0 atom stereocenters. The van der Waals surface area contributed by atoms with Gasteiger partial charge in [0.25, 0.3) is 0 Å². The summed E-state index contributed by atoms with van der Waals surface area (Å²) in [6.07, 6.45) is 1.47. The normalized spacial score (nSPS) is 11.2. The molecule has 4 nitrogen and oxygen atoms in total. The maximum Gasteiger partial charge on any atom is 0.197 e. The third-order valence-corrected chi connectivity index (χ3v) is 2.31. The molecule has 2 rings (SSSR count). The first-order valence-corrected chi connectivity index (χ1v) is 4.96. The van der Waals surface area contributed by atoms with Gasteiger partial charge in [0.2, 0.25) is 0 Å². The van der Waals surface area contributed by atoms with Crippen molar-refractivity contribution in [2.45, 2.75) is 6.54 Å². The Hall–Kier alpha value is -1.81. The molecule has 4 heteroatoms. The van der Waals surface area contributed by atoms with E-state index in [1.165, 1.54) is 18.4 Å². The molecule has 1 N–H and O–H groups in total. The van der Waals surface area contributed by atoms with E-state index in [1.54, 1.807) is 6.07 Å².